The van der Waals surface area contributed by atoms with Crippen LogP contribution in [-0.2, 0) is 23.2 Å². The van der Waals surface area contributed by atoms with Crippen molar-refractivity contribution in [2.45, 2.75) is 25.4 Å². The van der Waals surface area contributed by atoms with E-state index in [-0.39, 0.29) is 24.8 Å². The first kappa shape index (κ1) is 20.0. The molecule has 0 saturated carbocycles. The predicted octanol–water partition coefficient (Wildman–Crippen LogP) is 2.79. The maximum atomic E-state index is 13.8. The van der Waals surface area contributed by atoms with E-state index in [0.717, 1.165) is 23.3 Å². The van der Waals surface area contributed by atoms with E-state index in [9.17, 15) is 23.2 Å². The highest BCUT2D eigenvalue weighted by Crippen LogP contribution is 2.36. The first-order valence-electron chi connectivity index (χ1n) is 10.1. The summed E-state index contributed by atoms with van der Waals surface area (Å²) in [5.41, 5.74) is 3.78. The highest BCUT2D eigenvalue weighted by Gasteiger charge is 2.39. The van der Waals surface area contributed by atoms with Gasteiger partial charge >= 0.3 is 0 Å². The molecule has 1 aromatic heterocycles. The number of nitrogens with zero attached hydrogens (tertiary/aromatic N) is 3. The number of aryl methyl sites for hydroxylation is 1. The van der Waals surface area contributed by atoms with E-state index in [1.165, 1.54) is 11.0 Å². The fourth-order valence-electron chi connectivity index (χ4n) is 4.38. The van der Waals surface area contributed by atoms with E-state index in [1.807, 2.05) is 6.07 Å². The van der Waals surface area contributed by atoms with E-state index in [1.54, 1.807) is 30.1 Å². The normalized spacial score (nSPS) is 18.2. The zero-order chi connectivity index (χ0) is 22.6. The number of hydrogen-bond donors (Lipinski definition) is 1. The molecule has 3 amide bonds. The lowest BCUT2D eigenvalue weighted by atomic mass is 9.98. The number of benzene rings is 2. The van der Waals surface area contributed by atoms with E-state index < -0.39 is 23.6 Å². The molecule has 2 aromatic carbocycles. The Kier molecular flexibility index (Phi) is 4.61. The summed E-state index contributed by atoms with van der Waals surface area (Å²) in [5.74, 6) is -2.93. The molecule has 0 bridgehead atoms. The second-order valence-corrected chi connectivity index (χ2v) is 7.93. The number of imide groups is 1. The largest absolute Gasteiger partial charge is 0.322 e. The van der Waals surface area contributed by atoms with Crippen molar-refractivity contribution in [3.8, 4) is 22.4 Å². The van der Waals surface area contributed by atoms with Gasteiger partial charge in [0.2, 0.25) is 11.8 Å². The van der Waals surface area contributed by atoms with Crippen molar-refractivity contribution in [1.82, 2.24) is 20.0 Å². The van der Waals surface area contributed by atoms with Crippen LogP contribution in [0.1, 0.15) is 28.8 Å². The van der Waals surface area contributed by atoms with E-state index in [4.69, 9.17) is 0 Å². The van der Waals surface area contributed by atoms with Gasteiger partial charge in [0.25, 0.3) is 5.91 Å². The van der Waals surface area contributed by atoms with E-state index in [2.05, 4.69) is 10.4 Å². The average Bonchev–Trinajstić information content (AvgIpc) is 3.30. The van der Waals surface area contributed by atoms with Crippen molar-refractivity contribution in [2.75, 3.05) is 0 Å². The number of rotatable bonds is 3. The number of carbonyl (C=O) groups excluding carboxylic acids is 3. The molecular formula is C23H18F2N4O3. The number of halogens is 2. The molecule has 9 heteroatoms. The van der Waals surface area contributed by atoms with Crippen LogP contribution in [0.2, 0.25) is 0 Å². The molecule has 1 N–H and O–H groups in total. The smallest absolute Gasteiger partial charge is 0.255 e. The van der Waals surface area contributed by atoms with Gasteiger partial charge < -0.3 is 4.90 Å². The second kappa shape index (κ2) is 7.37. The Labute approximate surface area is 181 Å². The number of nitrogens with one attached hydrogen (secondary N) is 1. The summed E-state index contributed by atoms with van der Waals surface area (Å²) >= 11 is 0. The molecule has 0 spiro atoms. The van der Waals surface area contributed by atoms with Gasteiger partial charge in [-0.3, -0.25) is 24.4 Å². The molecule has 3 aromatic rings. The zero-order valence-electron chi connectivity index (χ0n) is 17.1. The number of amides is 3. The third-order valence-corrected chi connectivity index (χ3v) is 5.97. The van der Waals surface area contributed by atoms with Gasteiger partial charge in [0, 0.05) is 36.7 Å². The summed E-state index contributed by atoms with van der Waals surface area (Å²) < 4.78 is 28.8. The molecule has 0 radical (unpaired) electrons. The first-order chi connectivity index (χ1) is 15.3. The minimum Gasteiger partial charge on any atom is -0.322 e. The predicted molar refractivity (Wildman–Crippen MR) is 110 cm³/mol. The van der Waals surface area contributed by atoms with Crippen LogP contribution in [0.5, 0.6) is 0 Å². The number of fused-ring (bicyclic) bond motifs is 1. The van der Waals surface area contributed by atoms with Gasteiger partial charge in [0.15, 0.2) is 11.6 Å². The van der Waals surface area contributed by atoms with Crippen LogP contribution in [0.25, 0.3) is 22.4 Å². The van der Waals surface area contributed by atoms with Crippen LogP contribution >= 0.6 is 0 Å². The number of piperidine rings is 1. The van der Waals surface area contributed by atoms with Gasteiger partial charge in [-0.1, -0.05) is 6.07 Å². The summed E-state index contributed by atoms with van der Waals surface area (Å²) in [4.78, 5) is 38.1. The Balaban J connectivity index is 1.50. The van der Waals surface area contributed by atoms with Crippen molar-refractivity contribution < 1.29 is 23.2 Å². The van der Waals surface area contributed by atoms with Crippen LogP contribution in [0.3, 0.4) is 0 Å². The Bertz CT molecular complexity index is 1300. The maximum absolute atomic E-state index is 13.8. The van der Waals surface area contributed by atoms with Crippen molar-refractivity contribution in [3.05, 3.63) is 65.4 Å². The Morgan fingerprint density at radius 2 is 1.78 bits per heavy atom. The fraction of sp³-hybridized carbons (Fsp3) is 0.217. The topological polar surface area (TPSA) is 84.3 Å². The van der Waals surface area contributed by atoms with Crippen LogP contribution in [0, 0.1) is 11.6 Å². The molecule has 162 valence electrons. The molecule has 0 aliphatic carbocycles. The SMILES string of the molecule is Cn1ncc(-c2ccc3c(c2)CN(C2CCC(=O)NC2=O)C3=O)c1-c1ccc(F)c(F)c1. The quantitative estimate of drug-likeness (QED) is 0.640. The highest BCUT2D eigenvalue weighted by atomic mass is 19.2. The molecule has 3 heterocycles. The lowest BCUT2D eigenvalue weighted by Crippen LogP contribution is -2.52. The van der Waals surface area contributed by atoms with Crippen LogP contribution in [-0.4, -0.2) is 38.4 Å². The van der Waals surface area contributed by atoms with Crippen molar-refractivity contribution in [2.24, 2.45) is 7.05 Å². The molecule has 2 aliphatic rings. The molecule has 5 rings (SSSR count). The molecule has 1 fully saturated rings. The third-order valence-electron chi connectivity index (χ3n) is 5.97. The second-order valence-electron chi connectivity index (χ2n) is 7.93. The number of aromatic nitrogens is 2. The zero-order valence-corrected chi connectivity index (χ0v) is 17.1. The van der Waals surface area contributed by atoms with Crippen molar-refractivity contribution in [3.63, 3.8) is 0 Å². The first-order valence-corrected chi connectivity index (χ1v) is 10.1. The molecule has 7 nitrogen and oxygen atoms in total. The summed E-state index contributed by atoms with van der Waals surface area (Å²) in [7, 11) is 1.71. The van der Waals surface area contributed by atoms with E-state index >= 15 is 0 Å². The fourth-order valence-corrected chi connectivity index (χ4v) is 4.38. The Morgan fingerprint density at radius 3 is 2.53 bits per heavy atom. The lowest BCUT2D eigenvalue weighted by Gasteiger charge is -2.29. The van der Waals surface area contributed by atoms with Gasteiger partial charge in [-0.15, -0.1) is 0 Å². The number of carbonyl (C=O) groups is 3. The molecule has 32 heavy (non-hydrogen) atoms. The third kappa shape index (κ3) is 3.17. The summed E-state index contributed by atoms with van der Waals surface area (Å²) in [5, 5.41) is 6.56. The van der Waals surface area contributed by atoms with Crippen molar-refractivity contribution in [1.29, 1.82) is 0 Å². The molecule has 2 aliphatic heterocycles. The van der Waals surface area contributed by atoms with E-state index in [0.29, 0.717) is 28.8 Å². The molecule has 1 unspecified atom stereocenters. The van der Waals surface area contributed by atoms with Gasteiger partial charge in [0.1, 0.15) is 6.04 Å². The Morgan fingerprint density at radius 1 is 1.00 bits per heavy atom. The van der Waals surface area contributed by atoms with Gasteiger partial charge in [-0.05, 0) is 47.9 Å². The minimum atomic E-state index is -0.950. The standard InChI is InChI=1S/C23H18F2N4O3/c1-28-21(13-3-5-17(24)18(25)9-13)16(10-26-28)12-2-4-15-14(8-12)11-29(23(15)32)19-6-7-20(30)27-22(19)31/h2-5,8-10,19H,6-7,11H2,1H3,(H,27,30,31). The summed E-state index contributed by atoms with van der Waals surface area (Å²) in [6, 6.07) is 8.30. The Hall–Kier alpha value is -3.88. The minimum absolute atomic E-state index is 0.190. The molecule has 1 atom stereocenters. The molecular weight excluding hydrogens is 418 g/mol. The van der Waals surface area contributed by atoms with Crippen LogP contribution < -0.4 is 5.32 Å². The van der Waals surface area contributed by atoms with Gasteiger partial charge in [-0.25, -0.2) is 8.78 Å². The van der Waals surface area contributed by atoms with Gasteiger partial charge in [-0.2, -0.15) is 5.10 Å². The van der Waals surface area contributed by atoms with Crippen LogP contribution in [0.4, 0.5) is 8.78 Å². The lowest BCUT2D eigenvalue weighted by molar-refractivity contribution is -0.136. The highest BCUT2D eigenvalue weighted by molar-refractivity contribution is 6.05. The monoisotopic (exact) mass is 436 g/mol. The summed E-state index contributed by atoms with van der Waals surface area (Å²) in [6.07, 6.45) is 2.11. The van der Waals surface area contributed by atoms with Gasteiger partial charge in [0.05, 0.1) is 11.9 Å². The average molecular weight is 436 g/mol. The van der Waals surface area contributed by atoms with Crippen LogP contribution in [0.15, 0.2) is 42.6 Å². The van der Waals surface area contributed by atoms with Crippen molar-refractivity contribution >= 4 is 17.7 Å². The molecule has 1 saturated heterocycles. The number of hydrogen-bond acceptors (Lipinski definition) is 4. The maximum Gasteiger partial charge on any atom is 0.255 e. The summed E-state index contributed by atoms with van der Waals surface area (Å²) in [6.45, 7) is 0.245.